The zero-order valence-electron chi connectivity index (χ0n) is 8.20. The van der Waals surface area contributed by atoms with Crippen molar-refractivity contribution in [2.45, 2.75) is 13.8 Å². The summed E-state index contributed by atoms with van der Waals surface area (Å²) in [7, 11) is 0. The Hall–Kier alpha value is -1.15. The number of hydrogen-bond acceptors (Lipinski definition) is 2. The summed E-state index contributed by atoms with van der Waals surface area (Å²) in [5.41, 5.74) is 8.08. The van der Waals surface area contributed by atoms with Gasteiger partial charge in [0.25, 0.3) is 0 Å². The van der Waals surface area contributed by atoms with Gasteiger partial charge in [-0.05, 0) is 23.6 Å². The van der Waals surface area contributed by atoms with E-state index in [-0.39, 0.29) is 0 Å². The fraction of sp³-hybridized carbons (Fsp3) is 0.364. The van der Waals surface area contributed by atoms with Crippen LogP contribution in [0, 0.1) is 5.92 Å². The van der Waals surface area contributed by atoms with Crippen LogP contribution in [-0.4, -0.2) is 11.5 Å². The molecule has 0 aliphatic rings. The Morgan fingerprint density at radius 1 is 1.46 bits per heavy atom. The molecule has 0 bridgehead atoms. The fourth-order valence-electron chi connectivity index (χ4n) is 1.14. The summed E-state index contributed by atoms with van der Waals surface area (Å²) in [5, 5.41) is 0. The molecule has 0 atom stereocenters. The molecule has 70 valence electrons. The van der Waals surface area contributed by atoms with Crippen LogP contribution in [0.2, 0.25) is 0 Å². The van der Waals surface area contributed by atoms with E-state index in [9.17, 15) is 0 Å². The smallest absolute Gasteiger partial charge is 0.0273 e. The molecule has 2 heteroatoms. The summed E-state index contributed by atoms with van der Waals surface area (Å²) in [4.78, 5) is 3.96. The highest BCUT2D eigenvalue weighted by atomic mass is 14.6. The van der Waals surface area contributed by atoms with Gasteiger partial charge in [-0.15, -0.1) is 0 Å². The molecule has 0 radical (unpaired) electrons. The van der Waals surface area contributed by atoms with Crippen LogP contribution in [0.1, 0.15) is 19.4 Å². The van der Waals surface area contributed by atoms with Crippen molar-refractivity contribution >= 4 is 6.08 Å². The van der Waals surface area contributed by atoms with E-state index in [0.29, 0.717) is 12.5 Å². The van der Waals surface area contributed by atoms with Crippen molar-refractivity contribution in [2.75, 3.05) is 6.54 Å². The first kappa shape index (κ1) is 9.93. The molecule has 2 N–H and O–H groups in total. The molecule has 0 unspecified atom stereocenters. The molecule has 0 amide bonds. The maximum atomic E-state index is 5.64. The molecule has 1 rings (SSSR count). The third-order valence-corrected chi connectivity index (χ3v) is 2.04. The Morgan fingerprint density at radius 3 is 2.54 bits per heavy atom. The molecule has 0 saturated carbocycles. The van der Waals surface area contributed by atoms with E-state index in [0.717, 1.165) is 0 Å². The number of hydrogen-bond donors (Lipinski definition) is 1. The van der Waals surface area contributed by atoms with Crippen LogP contribution in [-0.2, 0) is 0 Å². The largest absolute Gasteiger partial charge is 0.327 e. The van der Waals surface area contributed by atoms with Gasteiger partial charge >= 0.3 is 0 Å². The van der Waals surface area contributed by atoms with Crippen molar-refractivity contribution in [2.24, 2.45) is 11.7 Å². The Bertz CT molecular complexity index is 275. The molecular weight excluding hydrogens is 160 g/mol. The molecule has 0 aliphatic heterocycles. The van der Waals surface area contributed by atoms with Gasteiger partial charge in [0.05, 0.1) is 0 Å². The first-order chi connectivity index (χ1) is 6.24. The van der Waals surface area contributed by atoms with E-state index < -0.39 is 0 Å². The highest BCUT2D eigenvalue weighted by Crippen LogP contribution is 2.12. The highest BCUT2D eigenvalue weighted by Gasteiger charge is 1.99. The van der Waals surface area contributed by atoms with Crippen LogP contribution in [0.3, 0.4) is 0 Å². The predicted octanol–water partition coefficient (Wildman–Crippen LogP) is 2.08. The average molecular weight is 176 g/mol. The van der Waals surface area contributed by atoms with Gasteiger partial charge in [-0.1, -0.05) is 25.5 Å². The van der Waals surface area contributed by atoms with Crippen molar-refractivity contribution in [1.82, 2.24) is 4.98 Å². The maximum Gasteiger partial charge on any atom is 0.0273 e. The number of nitrogens with two attached hydrogens (primary N) is 1. The van der Waals surface area contributed by atoms with Gasteiger partial charge in [-0.3, -0.25) is 4.98 Å². The summed E-state index contributed by atoms with van der Waals surface area (Å²) in [5.74, 6) is 0.512. The quantitative estimate of drug-likeness (QED) is 0.765. The Morgan fingerprint density at radius 2 is 2.08 bits per heavy atom. The van der Waals surface area contributed by atoms with E-state index in [2.05, 4.69) is 24.9 Å². The molecule has 0 saturated heterocycles. The van der Waals surface area contributed by atoms with Crippen molar-refractivity contribution in [3.8, 4) is 0 Å². The van der Waals surface area contributed by atoms with E-state index in [1.807, 2.05) is 12.1 Å². The third kappa shape index (κ3) is 2.99. The van der Waals surface area contributed by atoms with E-state index in [1.165, 1.54) is 11.1 Å². The summed E-state index contributed by atoms with van der Waals surface area (Å²) < 4.78 is 0. The van der Waals surface area contributed by atoms with Crippen LogP contribution < -0.4 is 5.73 Å². The zero-order chi connectivity index (χ0) is 9.68. The lowest BCUT2D eigenvalue weighted by Crippen LogP contribution is -2.08. The fourth-order valence-corrected chi connectivity index (χ4v) is 1.14. The SMILES string of the molecule is CC(C)C(=Cc1ccncc1)CN. The highest BCUT2D eigenvalue weighted by molar-refractivity contribution is 5.52. The van der Waals surface area contributed by atoms with Gasteiger partial charge in [-0.25, -0.2) is 0 Å². The third-order valence-electron chi connectivity index (χ3n) is 2.04. The Labute approximate surface area is 79.5 Å². The minimum absolute atomic E-state index is 0.512. The normalized spacial score (nSPS) is 12.2. The van der Waals surface area contributed by atoms with E-state index in [1.54, 1.807) is 12.4 Å². The predicted molar refractivity (Wildman–Crippen MR) is 56.1 cm³/mol. The molecule has 1 aromatic heterocycles. The second-order valence-corrected chi connectivity index (χ2v) is 3.36. The van der Waals surface area contributed by atoms with Crippen LogP contribution in [0.25, 0.3) is 6.08 Å². The molecule has 1 aromatic rings. The number of pyridine rings is 1. The van der Waals surface area contributed by atoms with Gasteiger partial charge in [0.15, 0.2) is 0 Å². The van der Waals surface area contributed by atoms with Crippen molar-refractivity contribution < 1.29 is 0 Å². The topological polar surface area (TPSA) is 38.9 Å². The molecule has 0 aliphatic carbocycles. The first-order valence-corrected chi connectivity index (χ1v) is 4.54. The lowest BCUT2D eigenvalue weighted by Gasteiger charge is -2.08. The monoisotopic (exact) mass is 176 g/mol. The lowest BCUT2D eigenvalue weighted by atomic mass is 10.0. The van der Waals surface area contributed by atoms with Crippen LogP contribution in [0.4, 0.5) is 0 Å². The first-order valence-electron chi connectivity index (χ1n) is 4.54. The summed E-state index contributed by atoms with van der Waals surface area (Å²) in [6, 6.07) is 3.97. The summed E-state index contributed by atoms with van der Waals surface area (Å²) >= 11 is 0. The van der Waals surface area contributed by atoms with Gasteiger partial charge in [0.1, 0.15) is 0 Å². The minimum atomic E-state index is 0.512. The molecule has 13 heavy (non-hydrogen) atoms. The molecule has 0 fully saturated rings. The molecule has 0 aromatic carbocycles. The van der Waals surface area contributed by atoms with Gasteiger partial charge in [0.2, 0.25) is 0 Å². The van der Waals surface area contributed by atoms with Gasteiger partial charge in [0, 0.05) is 18.9 Å². The molecular formula is C11H16N2. The second-order valence-electron chi connectivity index (χ2n) is 3.36. The summed E-state index contributed by atoms with van der Waals surface area (Å²) in [6.45, 7) is 4.93. The summed E-state index contributed by atoms with van der Waals surface area (Å²) in [6.07, 6.45) is 5.72. The second kappa shape index (κ2) is 4.77. The minimum Gasteiger partial charge on any atom is -0.327 e. The lowest BCUT2D eigenvalue weighted by molar-refractivity contribution is 0.752. The molecule has 2 nitrogen and oxygen atoms in total. The van der Waals surface area contributed by atoms with E-state index >= 15 is 0 Å². The average Bonchev–Trinajstić information content (AvgIpc) is 2.15. The standard InChI is InChI=1S/C11H16N2/c1-9(2)11(8-12)7-10-3-5-13-6-4-10/h3-7,9H,8,12H2,1-2H3. The maximum absolute atomic E-state index is 5.64. The molecule has 1 heterocycles. The van der Waals surface area contributed by atoms with Gasteiger partial charge in [-0.2, -0.15) is 0 Å². The van der Waals surface area contributed by atoms with Crippen molar-refractivity contribution in [3.63, 3.8) is 0 Å². The van der Waals surface area contributed by atoms with Crippen LogP contribution >= 0.6 is 0 Å². The number of rotatable bonds is 3. The van der Waals surface area contributed by atoms with Crippen molar-refractivity contribution in [3.05, 3.63) is 35.7 Å². The van der Waals surface area contributed by atoms with Crippen LogP contribution in [0.15, 0.2) is 30.1 Å². The Balaban J connectivity index is 2.85. The van der Waals surface area contributed by atoms with Crippen LogP contribution in [0.5, 0.6) is 0 Å². The van der Waals surface area contributed by atoms with E-state index in [4.69, 9.17) is 5.73 Å². The Kier molecular flexibility index (Phi) is 3.65. The van der Waals surface area contributed by atoms with Gasteiger partial charge < -0.3 is 5.73 Å². The zero-order valence-corrected chi connectivity index (χ0v) is 8.20. The van der Waals surface area contributed by atoms with Crippen molar-refractivity contribution in [1.29, 1.82) is 0 Å². The number of nitrogens with zero attached hydrogens (tertiary/aromatic N) is 1. The number of aromatic nitrogens is 1. The molecule has 0 spiro atoms.